The third-order valence-corrected chi connectivity index (χ3v) is 33.0. The van der Waals surface area contributed by atoms with E-state index in [9.17, 15) is 44.4 Å². The second-order valence-corrected chi connectivity index (χ2v) is 43.5. The second-order valence-electron chi connectivity index (χ2n) is 42.4. The molecule has 8 fully saturated rings. The monoisotopic (exact) mass is 1930 g/mol. The highest BCUT2D eigenvalue weighted by Gasteiger charge is 2.57. The minimum atomic E-state index is -1.05. The summed E-state index contributed by atoms with van der Waals surface area (Å²) < 4.78 is 5.67. The number of H-pyrrole nitrogens is 2. The van der Waals surface area contributed by atoms with E-state index in [1.165, 1.54) is 20.2 Å². The molecule has 1 saturated carbocycles. The zero-order valence-corrected chi connectivity index (χ0v) is 82.2. The number of aliphatic hydroxyl groups excluding tert-OH is 2. The van der Waals surface area contributed by atoms with Crippen LogP contribution in [0.3, 0.4) is 0 Å². The minimum absolute atomic E-state index is 0.00233. The molecular weight excluding hydrogens is 1800 g/mol. The highest BCUT2D eigenvalue weighted by molar-refractivity contribution is 7.15. The third-order valence-electron chi connectivity index (χ3n) is 31.8. The summed E-state index contributed by atoms with van der Waals surface area (Å²) in [6.45, 7) is 25.0. The van der Waals surface area contributed by atoms with E-state index in [0.29, 0.717) is 127 Å². The number of nitrogens with one attached hydrogen (secondary N) is 6. The Labute approximate surface area is 825 Å². The van der Waals surface area contributed by atoms with Crippen molar-refractivity contribution in [2.75, 3.05) is 121 Å². The number of para-hydroxylation sites is 2. The van der Waals surface area contributed by atoms with Crippen molar-refractivity contribution in [2.45, 2.75) is 217 Å². The van der Waals surface area contributed by atoms with E-state index in [0.717, 1.165) is 166 Å². The van der Waals surface area contributed by atoms with Crippen LogP contribution >= 0.6 is 11.3 Å². The van der Waals surface area contributed by atoms with Gasteiger partial charge in [0.05, 0.1) is 48.9 Å². The highest BCUT2D eigenvalue weighted by Crippen LogP contribution is 2.52. The van der Waals surface area contributed by atoms with Gasteiger partial charge in [-0.15, -0.1) is 38.2 Å². The topological polar surface area (TPSA) is 392 Å². The summed E-state index contributed by atoms with van der Waals surface area (Å²) in [4.78, 5) is 130. The zero-order valence-electron chi connectivity index (χ0n) is 81.4. The molecule has 738 valence electrons. The van der Waals surface area contributed by atoms with Gasteiger partial charge in [0.25, 0.3) is 0 Å². The third kappa shape index (κ3) is 20.0. The smallest absolute Gasteiger partial charge is 0.318 e. The number of morpholine rings is 1. The van der Waals surface area contributed by atoms with Gasteiger partial charge in [-0.25, -0.2) is 24.5 Å². The number of piperidine rings is 3. The molecule has 34 heteroatoms. The molecule has 6 aromatic heterocycles. The number of benzene rings is 4. The van der Waals surface area contributed by atoms with E-state index >= 15 is 4.79 Å². The van der Waals surface area contributed by atoms with Crippen molar-refractivity contribution in [3.63, 3.8) is 0 Å². The maximum Gasteiger partial charge on any atom is 0.318 e. The molecule has 10 N–H and O–H groups in total. The number of likely N-dealkylation sites (tertiary alicyclic amines) is 6. The van der Waals surface area contributed by atoms with Gasteiger partial charge in [-0.05, 0) is 204 Å². The number of hydrogen-bond acceptors (Lipinski definition) is 24. The standard InChI is InChI=1S/C107H128N22O11S/c1-9-66-22-25-72(56-109-98(135)87-50-77(131)61-129(87)100(137)94(106(7,8)34-43-121-44-46-140-47-45-121)116-102(138)124-39-30-74(31-40-124)122-35-26-69(27-36-122)73-57-110-101(111-58-73)126-41-32-82-91(64(126)2)80-51-84(117-119-95(80)113-82)78-14-10-12-16-88(78)132)71(48-66)24-23-67-18-20-68(21-19-67)55-108-97(134)86-49-76(130)60-128(86)99(136)93(105(4,5)6)115-103(139)125-62-107(63-125)53-75(54-107)123-37-28-70(29-38-123)90-59-112-104(141-90)127-42-33-83-92(65(127)3)81-52-85(118-120-96(81)114-83)79-15-11-13-17-89(79)133/h1,10-22,25,48,51-52,57-59,64-65,69-70,74-77,86-87,93-94,130-133H,26-47,49-50,53-56,60-63H2,2-8H3,(H,108,134)(H,109,135)(H,113,119)(H,114,120)(H,115,139)(H,116,138)/t64-,65+,76-,77-,86+,87+,93-,94+/m1/s1. The molecule has 10 aromatic rings. The number of urea groups is 2. The van der Waals surface area contributed by atoms with Gasteiger partial charge in [-0.3, -0.25) is 24.1 Å². The number of β-amino-alcohol motifs (C(OH)–C–C–N with tert-alkyl or cyclic N) is 2. The van der Waals surface area contributed by atoms with Crippen molar-refractivity contribution in [1.29, 1.82) is 0 Å². The lowest BCUT2D eigenvalue weighted by molar-refractivity contribution is -0.142. The first-order valence-corrected chi connectivity index (χ1v) is 51.1. The first-order valence-electron chi connectivity index (χ1n) is 50.3. The van der Waals surface area contributed by atoms with E-state index in [-0.39, 0.29) is 86.1 Å². The number of phenolic OH excluding ortho intramolecular Hbond substituents is 2. The number of aliphatic hydroxyl groups is 2. The Morgan fingerprint density at radius 1 is 0.582 bits per heavy atom. The molecule has 141 heavy (non-hydrogen) atoms. The number of terminal acetylenes is 1. The van der Waals surface area contributed by atoms with E-state index in [4.69, 9.17) is 26.1 Å². The number of fused-ring (bicyclic) bond motifs is 6. The van der Waals surface area contributed by atoms with Crippen LogP contribution in [0.5, 0.6) is 11.5 Å². The van der Waals surface area contributed by atoms with Crippen LogP contribution in [-0.2, 0) is 49.8 Å². The molecule has 20 rings (SSSR count). The fraction of sp³-hybridized carbons (Fsp3) is 0.505. The van der Waals surface area contributed by atoms with Crippen molar-refractivity contribution >= 4 is 80.2 Å². The Morgan fingerprint density at radius 3 is 1.71 bits per heavy atom. The Balaban J connectivity index is 0.408. The molecule has 4 aromatic carbocycles. The second kappa shape index (κ2) is 40.0. The Bertz CT molecular complexity index is 6430. The number of carbonyl (C=O) groups is 6. The molecule has 1 spiro atoms. The Hall–Kier alpha value is -12.7. The van der Waals surface area contributed by atoms with Crippen LogP contribution in [-0.4, -0.2) is 296 Å². The van der Waals surface area contributed by atoms with Crippen molar-refractivity contribution in [1.82, 2.24) is 101 Å². The van der Waals surface area contributed by atoms with Gasteiger partial charge in [0, 0.05) is 206 Å². The maximum absolute atomic E-state index is 15.4. The van der Waals surface area contributed by atoms with Crippen LogP contribution in [0.1, 0.15) is 204 Å². The number of carbonyl (C=O) groups excluding carboxylic acids is 6. The van der Waals surface area contributed by atoms with E-state index < -0.39 is 70.8 Å². The van der Waals surface area contributed by atoms with E-state index in [2.05, 4.69) is 114 Å². The zero-order chi connectivity index (χ0) is 97.9. The minimum Gasteiger partial charge on any atom is -0.507 e. The average molecular weight is 1930 g/mol. The molecule has 7 saturated heterocycles. The quantitative estimate of drug-likeness (QED) is 0.0282. The first kappa shape index (κ1) is 95.9. The number of rotatable bonds is 22. The van der Waals surface area contributed by atoms with Crippen LogP contribution in [0.15, 0.2) is 122 Å². The molecule has 1 aliphatic carbocycles. The molecule has 10 aliphatic rings. The summed E-state index contributed by atoms with van der Waals surface area (Å²) in [7, 11) is 0. The summed E-state index contributed by atoms with van der Waals surface area (Å²) in [6.07, 6.45) is 19.9. The molecule has 0 bridgehead atoms. The van der Waals surface area contributed by atoms with Crippen molar-refractivity contribution < 1.29 is 53.9 Å². The average Bonchev–Trinajstić information content (AvgIpc) is 1.64. The molecule has 0 unspecified atom stereocenters. The number of aromatic nitrogens is 9. The molecule has 0 radical (unpaired) electrons. The summed E-state index contributed by atoms with van der Waals surface area (Å²) >= 11 is 1.80. The van der Waals surface area contributed by atoms with Gasteiger partial charge < -0.3 is 95.6 Å². The van der Waals surface area contributed by atoms with Crippen molar-refractivity contribution in [2.24, 2.45) is 16.2 Å². The number of anilines is 2. The van der Waals surface area contributed by atoms with E-state index in [1.54, 1.807) is 52.6 Å². The number of thiazole rings is 1. The molecule has 33 nitrogen and oxygen atoms in total. The normalized spacial score (nSPS) is 22.2. The molecule has 15 heterocycles. The molecule has 8 atom stereocenters. The van der Waals surface area contributed by atoms with Gasteiger partial charge in [-0.1, -0.05) is 94.8 Å². The predicted molar refractivity (Wildman–Crippen MR) is 536 cm³/mol. The predicted octanol–water partition coefficient (Wildman–Crippen LogP) is 10.6. The lowest BCUT2D eigenvalue weighted by Crippen LogP contribution is -2.70. The summed E-state index contributed by atoms with van der Waals surface area (Å²) in [5, 5.41) is 77.0. The number of ether oxygens (including phenoxy) is 1. The number of aromatic hydroxyl groups is 2. The van der Waals surface area contributed by atoms with Gasteiger partial charge in [-0.2, -0.15) is 0 Å². The lowest BCUT2D eigenvalue weighted by Gasteiger charge is -2.61. The Morgan fingerprint density at radius 2 is 1.12 bits per heavy atom. The molecular formula is C107H128N22O11S. The lowest BCUT2D eigenvalue weighted by atomic mass is 9.60. The first-order chi connectivity index (χ1) is 68.0. The number of amides is 8. The summed E-state index contributed by atoms with van der Waals surface area (Å²) in [6, 6.07) is 27.2. The fourth-order valence-corrected chi connectivity index (χ4v) is 24.7. The SMILES string of the molecule is C#Cc1ccc(CNC(=O)[C@@H]2C[C@@H](O)CN2C(=O)[C@H](NC(=O)N2CCC(N3CCC(c4cnc(N5CCc6[nH]c7nnc(-c8ccccc8O)cc7c6[C@H]5C)nc4)CC3)CC2)C(C)(C)CCN2CCOCC2)c(C#Cc2ccc(CNC(=O)[C@@H]3C[C@@H](O)CN3C(=O)[C@@H](NC(=O)N3CC4(CC(N5CCC(c6cnc(N7CCc8[nH]c9nnc(-c%10ccccc%10O)cc9c8[C@@H]7C)s6)CC5)C4)C3)C(C)(C)C)cc2)c1. The van der Waals surface area contributed by atoms with Crippen LogP contribution in [0.4, 0.5) is 20.7 Å². The van der Waals surface area contributed by atoms with E-state index in [1.807, 2.05) is 119 Å². The highest BCUT2D eigenvalue weighted by atomic mass is 32.1. The van der Waals surface area contributed by atoms with Crippen LogP contribution in [0.2, 0.25) is 0 Å². The van der Waals surface area contributed by atoms with Gasteiger partial charge in [0.1, 0.15) is 35.7 Å². The summed E-state index contributed by atoms with van der Waals surface area (Å²) in [5.74, 6) is 9.17. The fourth-order valence-electron chi connectivity index (χ4n) is 23.5. The van der Waals surface area contributed by atoms with Crippen LogP contribution < -0.4 is 31.1 Å². The Kier molecular flexibility index (Phi) is 27.2. The van der Waals surface area contributed by atoms with Gasteiger partial charge in [0.15, 0.2) is 16.4 Å². The van der Waals surface area contributed by atoms with Crippen molar-refractivity contribution in [3.8, 4) is 58.2 Å². The number of hydrogen-bond donors (Lipinski definition) is 10. The van der Waals surface area contributed by atoms with Crippen molar-refractivity contribution in [3.05, 3.63) is 182 Å². The number of nitrogens with zero attached hydrogens (tertiary/aromatic N) is 16. The van der Waals surface area contributed by atoms with Crippen LogP contribution in [0, 0.1) is 40.4 Å². The van der Waals surface area contributed by atoms with Gasteiger partial charge in [0.2, 0.25) is 29.6 Å². The molecule has 8 amide bonds. The summed E-state index contributed by atoms with van der Waals surface area (Å²) in [5.41, 5.74) is 11.4. The molecule has 9 aliphatic heterocycles. The van der Waals surface area contributed by atoms with Gasteiger partial charge >= 0.3 is 12.1 Å². The largest absolute Gasteiger partial charge is 0.507 e. The number of phenols is 2. The number of aromatic amines is 2. The maximum atomic E-state index is 15.4. The van der Waals surface area contributed by atoms with Crippen LogP contribution in [0.25, 0.3) is 44.6 Å².